The van der Waals surface area contributed by atoms with Crippen LogP contribution in [0.2, 0.25) is 0 Å². The summed E-state index contributed by atoms with van der Waals surface area (Å²) < 4.78 is 5.10. The second-order valence-corrected chi connectivity index (χ2v) is 4.38. The summed E-state index contributed by atoms with van der Waals surface area (Å²) in [5.41, 5.74) is 5.16. The van der Waals surface area contributed by atoms with Crippen LogP contribution in [-0.2, 0) is 0 Å². The number of hydrogen-bond donors (Lipinski definition) is 0. The van der Waals surface area contributed by atoms with Crippen molar-refractivity contribution in [1.29, 1.82) is 0 Å². The molecule has 18 heavy (non-hydrogen) atoms. The molecule has 0 fully saturated rings. The Morgan fingerprint density at radius 2 is 1.61 bits per heavy atom. The first-order chi connectivity index (χ1) is 8.52. The molecule has 0 bridgehead atoms. The molecule has 2 rings (SSSR count). The minimum Gasteiger partial charge on any atom is -0.481 e. The maximum atomic E-state index is 5.10. The van der Waals surface area contributed by atoms with Gasteiger partial charge < -0.3 is 4.74 Å². The zero-order valence-electron chi connectivity index (χ0n) is 11.4. The van der Waals surface area contributed by atoms with Crippen LogP contribution in [0, 0.1) is 27.7 Å². The SMILES string of the molecule is COc1cc(C)c(-c2nc(C)c(C)c(C)n2)cn1. The van der Waals surface area contributed by atoms with Gasteiger partial charge in [0.15, 0.2) is 5.82 Å². The molecule has 0 N–H and O–H groups in total. The van der Waals surface area contributed by atoms with Crippen molar-refractivity contribution in [2.75, 3.05) is 7.11 Å². The summed E-state index contributed by atoms with van der Waals surface area (Å²) >= 11 is 0. The topological polar surface area (TPSA) is 47.9 Å². The number of aromatic nitrogens is 3. The Morgan fingerprint density at radius 3 is 2.11 bits per heavy atom. The van der Waals surface area contributed by atoms with Crippen LogP contribution in [0.4, 0.5) is 0 Å². The van der Waals surface area contributed by atoms with E-state index in [4.69, 9.17) is 4.74 Å². The van der Waals surface area contributed by atoms with Crippen molar-refractivity contribution in [3.63, 3.8) is 0 Å². The third kappa shape index (κ3) is 2.18. The van der Waals surface area contributed by atoms with Crippen molar-refractivity contribution >= 4 is 0 Å². The highest BCUT2D eigenvalue weighted by atomic mass is 16.5. The van der Waals surface area contributed by atoms with E-state index in [-0.39, 0.29) is 0 Å². The molecular weight excluding hydrogens is 226 g/mol. The molecule has 0 aliphatic heterocycles. The predicted octanol–water partition coefficient (Wildman–Crippen LogP) is 2.78. The second-order valence-electron chi connectivity index (χ2n) is 4.38. The molecule has 4 heteroatoms. The minimum absolute atomic E-state index is 0.608. The quantitative estimate of drug-likeness (QED) is 0.813. The predicted molar refractivity (Wildman–Crippen MR) is 70.8 cm³/mol. The molecule has 0 radical (unpaired) electrons. The average molecular weight is 243 g/mol. The van der Waals surface area contributed by atoms with Gasteiger partial charge in [-0.25, -0.2) is 15.0 Å². The molecule has 94 valence electrons. The van der Waals surface area contributed by atoms with Crippen molar-refractivity contribution in [2.45, 2.75) is 27.7 Å². The summed E-state index contributed by atoms with van der Waals surface area (Å²) in [6.45, 7) is 8.04. The van der Waals surface area contributed by atoms with Gasteiger partial charge in [0.2, 0.25) is 5.88 Å². The van der Waals surface area contributed by atoms with Gasteiger partial charge in [-0.05, 0) is 38.8 Å². The highest BCUT2D eigenvalue weighted by molar-refractivity contribution is 5.60. The van der Waals surface area contributed by atoms with Gasteiger partial charge in [0.1, 0.15) is 0 Å². The maximum absolute atomic E-state index is 5.10. The zero-order valence-corrected chi connectivity index (χ0v) is 11.4. The summed E-state index contributed by atoms with van der Waals surface area (Å²) in [7, 11) is 1.61. The summed E-state index contributed by atoms with van der Waals surface area (Å²) in [6, 6.07) is 1.89. The third-order valence-corrected chi connectivity index (χ3v) is 3.17. The molecule has 0 aliphatic rings. The van der Waals surface area contributed by atoms with Gasteiger partial charge in [0, 0.05) is 29.2 Å². The van der Waals surface area contributed by atoms with Gasteiger partial charge in [-0.15, -0.1) is 0 Å². The molecule has 0 saturated heterocycles. The van der Waals surface area contributed by atoms with E-state index in [0.717, 1.165) is 33.9 Å². The van der Waals surface area contributed by atoms with E-state index in [1.807, 2.05) is 33.8 Å². The molecule has 0 atom stereocenters. The van der Waals surface area contributed by atoms with E-state index in [0.29, 0.717) is 5.88 Å². The van der Waals surface area contributed by atoms with Gasteiger partial charge in [-0.3, -0.25) is 0 Å². The van der Waals surface area contributed by atoms with Crippen molar-refractivity contribution < 1.29 is 4.74 Å². The van der Waals surface area contributed by atoms with Crippen LogP contribution in [0.5, 0.6) is 5.88 Å². The van der Waals surface area contributed by atoms with Gasteiger partial charge in [0.25, 0.3) is 0 Å². The number of nitrogens with zero attached hydrogens (tertiary/aromatic N) is 3. The molecule has 0 aromatic carbocycles. The average Bonchev–Trinajstić information content (AvgIpc) is 2.35. The van der Waals surface area contributed by atoms with Crippen LogP contribution in [0.1, 0.15) is 22.5 Å². The zero-order chi connectivity index (χ0) is 13.3. The number of hydrogen-bond acceptors (Lipinski definition) is 4. The molecule has 2 aromatic heterocycles. The van der Waals surface area contributed by atoms with Crippen molar-refractivity contribution in [1.82, 2.24) is 15.0 Å². The smallest absolute Gasteiger partial charge is 0.213 e. The lowest BCUT2D eigenvalue weighted by Crippen LogP contribution is -2.01. The largest absolute Gasteiger partial charge is 0.481 e. The first kappa shape index (κ1) is 12.5. The van der Waals surface area contributed by atoms with E-state index in [1.54, 1.807) is 13.3 Å². The molecule has 0 saturated carbocycles. The fourth-order valence-corrected chi connectivity index (χ4v) is 1.77. The lowest BCUT2D eigenvalue weighted by atomic mass is 10.1. The van der Waals surface area contributed by atoms with E-state index in [9.17, 15) is 0 Å². The Hall–Kier alpha value is -1.97. The van der Waals surface area contributed by atoms with E-state index in [1.165, 1.54) is 0 Å². The molecule has 0 unspecified atom stereocenters. The summed E-state index contributed by atoms with van der Waals surface area (Å²) in [5.74, 6) is 1.33. The molecule has 0 spiro atoms. The first-order valence-electron chi connectivity index (χ1n) is 5.85. The van der Waals surface area contributed by atoms with Gasteiger partial charge >= 0.3 is 0 Å². The van der Waals surface area contributed by atoms with Gasteiger partial charge in [0.05, 0.1) is 7.11 Å². The Bertz CT molecular complexity index is 571. The monoisotopic (exact) mass is 243 g/mol. The summed E-state index contributed by atoms with van der Waals surface area (Å²) in [4.78, 5) is 13.3. The van der Waals surface area contributed by atoms with Gasteiger partial charge in [-0.1, -0.05) is 0 Å². The highest BCUT2D eigenvalue weighted by Gasteiger charge is 2.10. The molecular formula is C14H17N3O. The molecule has 4 nitrogen and oxygen atoms in total. The molecule has 2 aromatic rings. The van der Waals surface area contributed by atoms with Crippen LogP contribution < -0.4 is 4.74 Å². The van der Waals surface area contributed by atoms with Crippen molar-refractivity contribution in [3.8, 4) is 17.3 Å². The van der Waals surface area contributed by atoms with E-state index < -0.39 is 0 Å². The standard InChI is InChI=1S/C14H17N3O/c1-8-6-13(18-5)15-7-12(8)14-16-10(3)9(2)11(4)17-14/h6-7H,1-5H3. The van der Waals surface area contributed by atoms with Crippen molar-refractivity contribution in [3.05, 3.63) is 34.8 Å². The fraction of sp³-hybridized carbons (Fsp3) is 0.357. The Labute approximate surface area is 107 Å². The summed E-state index contributed by atoms with van der Waals surface area (Å²) in [5, 5.41) is 0. The Kier molecular flexibility index (Phi) is 3.28. The number of rotatable bonds is 2. The normalized spacial score (nSPS) is 10.5. The fourth-order valence-electron chi connectivity index (χ4n) is 1.77. The number of aryl methyl sites for hydroxylation is 3. The number of pyridine rings is 1. The lowest BCUT2D eigenvalue weighted by molar-refractivity contribution is 0.397. The first-order valence-corrected chi connectivity index (χ1v) is 5.85. The number of methoxy groups -OCH3 is 1. The molecule has 2 heterocycles. The van der Waals surface area contributed by atoms with Crippen molar-refractivity contribution in [2.24, 2.45) is 0 Å². The third-order valence-electron chi connectivity index (χ3n) is 3.17. The highest BCUT2D eigenvalue weighted by Crippen LogP contribution is 2.23. The maximum Gasteiger partial charge on any atom is 0.213 e. The van der Waals surface area contributed by atoms with Crippen LogP contribution in [-0.4, -0.2) is 22.1 Å². The van der Waals surface area contributed by atoms with Crippen LogP contribution in [0.15, 0.2) is 12.3 Å². The lowest BCUT2D eigenvalue weighted by Gasteiger charge is -2.09. The molecule has 0 aliphatic carbocycles. The minimum atomic E-state index is 0.608. The Morgan fingerprint density at radius 1 is 1.00 bits per heavy atom. The Balaban J connectivity index is 2.55. The van der Waals surface area contributed by atoms with Gasteiger partial charge in [-0.2, -0.15) is 0 Å². The van der Waals surface area contributed by atoms with E-state index in [2.05, 4.69) is 15.0 Å². The van der Waals surface area contributed by atoms with Crippen LogP contribution in [0.3, 0.4) is 0 Å². The molecule has 0 amide bonds. The number of ether oxygens (including phenoxy) is 1. The second kappa shape index (κ2) is 4.72. The van der Waals surface area contributed by atoms with Crippen LogP contribution in [0.25, 0.3) is 11.4 Å². The summed E-state index contributed by atoms with van der Waals surface area (Å²) in [6.07, 6.45) is 1.76. The van der Waals surface area contributed by atoms with Crippen LogP contribution >= 0.6 is 0 Å². The van der Waals surface area contributed by atoms with E-state index >= 15 is 0 Å².